The summed E-state index contributed by atoms with van der Waals surface area (Å²) in [5, 5.41) is 0. The number of rotatable bonds is 4. The van der Waals surface area contributed by atoms with E-state index in [9.17, 15) is 9.59 Å². The highest BCUT2D eigenvalue weighted by atomic mass is 16.5. The molecule has 4 aliphatic rings. The van der Waals surface area contributed by atoms with Crippen LogP contribution in [0.4, 0.5) is 0 Å². The van der Waals surface area contributed by atoms with Crippen molar-refractivity contribution in [1.29, 1.82) is 0 Å². The van der Waals surface area contributed by atoms with E-state index in [2.05, 4.69) is 9.97 Å². The lowest BCUT2D eigenvalue weighted by Crippen LogP contribution is -2.45. The zero-order chi connectivity index (χ0) is 19.3. The number of carbonyl (C=O) groups is 2. The second kappa shape index (κ2) is 6.72. The standard InChI is InChI=1S/C21H28N4O3/c1-24(12-16-22-10-11-23-16)19(26)17-15-8-9-21(28-15)13-25(20(27)18(17)21)14-6-4-2-3-5-7-14/h8-11,14-15,17-18H,2-7,12-13H2,1H3,(H,22,23)/t15-,17+,18-,21-/m0/s1. The minimum Gasteiger partial charge on any atom is -0.360 e. The van der Waals surface area contributed by atoms with Crippen molar-refractivity contribution >= 4 is 11.8 Å². The third-order valence-corrected chi connectivity index (χ3v) is 7.00. The smallest absolute Gasteiger partial charge is 0.230 e. The molecular weight excluding hydrogens is 356 g/mol. The van der Waals surface area contributed by atoms with Crippen molar-refractivity contribution in [2.75, 3.05) is 13.6 Å². The van der Waals surface area contributed by atoms with Gasteiger partial charge in [-0.3, -0.25) is 9.59 Å². The van der Waals surface area contributed by atoms with Gasteiger partial charge < -0.3 is 19.5 Å². The number of likely N-dealkylation sites (tertiary alicyclic amines) is 1. The molecule has 1 spiro atoms. The first-order valence-electron chi connectivity index (χ1n) is 10.5. The van der Waals surface area contributed by atoms with Gasteiger partial charge in [-0.1, -0.05) is 37.8 Å². The number of hydrogen-bond donors (Lipinski definition) is 1. The van der Waals surface area contributed by atoms with Crippen LogP contribution in [0.1, 0.15) is 44.3 Å². The number of imidazole rings is 1. The van der Waals surface area contributed by atoms with Crippen molar-refractivity contribution in [3.8, 4) is 0 Å². The number of amides is 2. The fourth-order valence-electron chi connectivity index (χ4n) is 5.63. The van der Waals surface area contributed by atoms with Crippen molar-refractivity contribution in [2.45, 2.75) is 62.8 Å². The first-order valence-corrected chi connectivity index (χ1v) is 10.5. The molecule has 1 aromatic rings. The Morgan fingerprint density at radius 1 is 1.36 bits per heavy atom. The Morgan fingerprint density at radius 3 is 2.86 bits per heavy atom. The lowest BCUT2D eigenvalue weighted by Gasteiger charge is -2.30. The van der Waals surface area contributed by atoms with Gasteiger partial charge in [-0.2, -0.15) is 0 Å². The van der Waals surface area contributed by atoms with Crippen LogP contribution in [0.25, 0.3) is 0 Å². The molecule has 150 valence electrons. The first-order chi connectivity index (χ1) is 13.6. The van der Waals surface area contributed by atoms with E-state index >= 15 is 0 Å². The average molecular weight is 384 g/mol. The highest BCUT2D eigenvalue weighted by Crippen LogP contribution is 2.53. The summed E-state index contributed by atoms with van der Waals surface area (Å²) in [7, 11) is 1.77. The number of aromatic amines is 1. The molecular formula is C21H28N4O3. The van der Waals surface area contributed by atoms with Crippen LogP contribution >= 0.6 is 0 Å². The van der Waals surface area contributed by atoms with E-state index in [1.807, 2.05) is 17.1 Å². The number of fused-ring (bicyclic) bond motifs is 1. The maximum atomic E-state index is 13.5. The number of H-pyrrole nitrogens is 1. The molecule has 1 aromatic heterocycles. The van der Waals surface area contributed by atoms with Gasteiger partial charge in [0, 0.05) is 25.5 Å². The second-order valence-corrected chi connectivity index (χ2v) is 8.74. The maximum Gasteiger partial charge on any atom is 0.230 e. The molecule has 1 aliphatic carbocycles. The molecule has 0 radical (unpaired) electrons. The molecule has 5 rings (SSSR count). The quantitative estimate of drug-likeness (QED) is 0.635. The van der Waals surface area contributed by atoms with Gasteiger partial charge in [0.05, 0.1) is 31.0 Å². The summed E-state index contributed by atoms with van der Waals surface area (Å²) in [4.78, 5) is 37.7. The maximum absolute atomic E-state index is 13.5. The number of hydrogen-bond acceptors (Lipinski definition) is 4. The molecule has 2 bridgehead atoms. The highest BCUT2D eigenvalue weighted by Gasteiger charge is 2.67. The molecule has 4 heterocycles. The first kappa shape index (κ1) is 17.9. The van der Waals surface area contributed by atoms with Gasteiger partial charge in [-0.05, 0) is 12.8 Å². The summed E-state index contributed by atoms with van der Waals surface area (Å²) in [5.74, 6) is -0.00857. The van der Waals surface area contributed by atoms with Gasteiger partial charge >= 0.3 is 0 Å². The molecule has 2 saturated heterocycles. The van der Waals surface area contributed by atoms with Gasteiger partial charge in [-0.25, -0.2) is 4.98 Å². The van der Waals surface area contributed by atoms with Crippen LogP contribution in [-0.2, 0) is 20.9 Å². The van der Waals surface area contributed by atoms with Gasteiger partial charge in [0.2, 0.25) is 11.8 Å². The summed E-state index contributed by atoms with van der Waals surface area (Å²) < 4.78 is 6.28. The minimum absolute atomic E-state index is 0.0336. The van der Waals surface area contributed by atoms with Crippen LogP contribution in [0.3, 0.4) is 0 Å². The fraction of sp³-hybridized carbons (Fsp3) is 0.667. The van der Waals surface area contributed by atoms with Gasteiger partial charge in [0.15, 0.2) is 0 Å². The fourth-order valence-corrected chi connectivity index (χ4v) is 5.63. The zero-order valence-electron chi connectivity index (χ0n) is 16.3. The number of nitrogens with zero attached hydrogens (tertiary/aromatic N) is 3. The van der Waals surface area contributed by atoms with Crippen LogP contribution in [-0.4, -0.2) is 62.9 Å². The third kappa shape index (κ3) is 2.70. The van der Waals surface area contributed by atoms with Crippen molar-refractivity contribution in [2.24, 2.45) is 11.8 Å². The Hall–Kier alpha value is -2.15. The molecule has 4 atom stereocenters. The van der Waals surface area contributed by atoms with Crippen LogP contribution in [0.5, 0.6) is 0 Å². The lowest BCUT2D eigenvalue weighted by molar-refractivity contribution is -0.143. The Labute approximate surface area is 165 Å². The number of aromatic nitrogens is 2. The Bertz CT molecular complexity index is 784. The molecule has 0 unspecified atom stereocenters. The van der Waals surface area contributed by atoms with Crippen molar-refractivity contribution in [1.82, 2.24) is 19.8 Å². The average Bonchev–Trinajstić information content (AvgIpc) is 3.41. The predicted octanol–water partition coefficient (Wildman–Crippen LogP) is 1.87. The largest absolute Gasteiger partial charge is 0.360 e. The molecule has 7 nitrogen and oxygen atoms in total. The van der Waals surface area contributed by atoms with E-state index in [0.29, 0.717) is 19.1 Å². The molecule has 1 saturated carbocycles. The zero-order valence-corrected chi connectivity index (χ0v) is 16.3. The minimum atomic E-state index is -0.611. The van der Waals surface area contributed by atoms with E-state index < -0.39 is 17.4 Å². The molecule has 2 amide bonds. The van der Waals surface area contributed by atoms with E-state index in [4.69, 9.17) is 4.74 Å². The van der Waals surface area contributed by atoms with Crippen molar-refractivity contribution in [3.63, 3.8) is 0 Å². The molecule has 3 fully saturated rings. The summed E-state index contributed by atoms with van der Waals surface area (Å²) in [6, 6.07) is 0.294. The van der Waals surface area contributed by atoms with Gasteiger partial charge in [-0.15, -0.1) is 0 Å². The van der Waals surface area contributed by atoms with Gasteiger partial charge in [0.25, 0.3) is 0 Å². The summed E-state index contributed by atoms with van der Waals surface area (Å²) in [6.07, 6.45) is 14.2. The topological polar surface area (TPSA) is 78.5 Å². The number of carbonyl (C=O) groups excluding carboxylic acids is 2. The Kier molecular flexibility index (Phi) is 4.30. The summed E-state index contributed by atoms with van der Waals surface area (Å²) in [6.45, 7) is 0.999. The number of nitrogens with one attached hydrogen (secondary N) is 1. The third-order valence-electron chi connectivity index (χ3n) is 7.00. The molecule has 0 aromatic carbocycles. The monoisotopic (exact) mass is 384 g/mol. The van der Waals surface area contributed by atoms with Crippen LogP contribution in [0, 0.1) is 11.8 Å². The van der Waals surface area contributed by atoms with Crippen molar-refractivity contribution in [3.05, 3.63) is 30.4 Å². The number of ether oxygens (including phenoxy) is 1. The highest BCUT2D eigenvalue weighted by molar-refractivity contribution is 5.93. The SMILES string of the molecule is CN(Cc1ncc[nH]1)C(=O)[C@@H]1[C@@H]2C=C[C@@]3(CN(C4CCCCCC4)C(=O)[C@H]13)O2. The summed E-state index contributed by atoms with van der Waals surface area (Å²) in [5.41, 5.74) is -0.611. The van der Waals surface area contributed by atoms with Crippen LogP contribution in [0.15, 0.2) is 24.5 Å². The van der Waals surface area contributed by atoms with E-state index in [1.54, 1.807) is 24.3 Å². The Morgan fingerprint density at radius 2 is 2.14 bits per heavy atom. The second-order valence-electron chi connectivity index (χ2n) is 8.74. The summed E-state index contributed by atoms with van der Waals surface area (Å²) >= 11 is 0. The predicted molar refractivity (Wildman–Crippen MR) is 102 cm³/mol. The van der Waals surface area contributed by atoms with E-state index in [1.165, 1.54) is 25.7 Å². The molecule has 28 heavy (non-hydrogen) atoms. The molecule has 7 heteroatoms. The Balaban J connectivity index is 1.37. The normalized spacial score (nSPS) is 34.7. The molecule has 1 N–H and O–H groups in total. The van der Waals surface area contributed by atoms with Crippen LogP contribution < -0.4 is 0 Å². The molecule has 3 aliphatic heterocycles. The van der Waals surface area contributed by atoms with Crippen molar-refractivity contribution < 1.29 is 14.3 Å². The van der Waals surface area contributed by atoms with E-state index in [-0.39, 0.29) is 17.9 Å². The van der Waals surface area contributed by atoms with Gasteiger partial charge in [0.1, 0.15) is 11.4 Å². The lowest BCUT2D eigenvalue weighted by atomic mass is 9.76. The van der Waals surface area contributed by atoms with Crippen LogP contribution in [0.2, 0.25) is 0 Å². The van der Waals surface area contributed by atoms with E-state index in [0.717, 1.165) is 18.7 Å².